The van der Waals surface area contributed by atoms with Crippen molar-refractivity contribution in [2.24, 2.45) is 0 Å². The molecule has 8 heteroatoms. The Morgan fingerprint density at radius 2 is 2.08 bits per heavy atom. The van der Waals surface area contributed by atoms with Crippen molar-refractivity contribution < 1.29 is 14.5 Å². The zero-order chi connectivity index (χ0) is 18.1. The minimum absolute atomic E-state index is 0.0650. The van der Waals surface area contributed by atoms with Gasteiger partial charge in [0.15, 0.2) is 0 Å². The summed E-state index contributed by atoms with van der Waals surface area (Å²) in [4.78, 5) is 26.0. The maximum absolute atomic E-state index is 11.2. The van der Waals surface area contributed by atoms with Gasteiger partial charge in [0.25, 0.3) is 5.69 Å². The lowest BCUT2D eigenvalue weighted by atomic mass is 10.1. The van der Waals surface area contributed by atoms with Crippen LogP contribution in [0.2, 0.25) is 0 Å². The molecule has 2 aromatic rings. The fraction of sp³-hybridized carbons (Fsp3) is 0.176. The van der Waals surface area contributed by atoms with E-state index in [0.717, 1.165) is 5.82 Å². The van der Waals surface area contributed by atoms with Crippen molar-refractivity contribution in [2.45, 2.75) is 0 Å². The number of aromatic nitrogens is 1. The van der Waals surface area contributed by atoms with Crippen LogP contribution in [0, 0.1) is 10.1 Å². The van der Waals surface area contributed by atoms with Crippen molar-refractivity contribution in [3.63, 3.8) is 0 Å². The van der Waals surface area contributed by atoms with E-state index < -0.39 is 10.9 Å². The molecule has 8 nitrogen and oxygen atoms in total. The van der Waals surface area contributed by atoms with Gasteiger partial charge in [0.05, 0.1) is 12.0 Å². The Hall–Kier alpha value is -3.42. The molecule has 0 aliphatic rings. The Morgan fingerprint density at radius 1 is 1.28 bits per heavy atom. The molecule has 2 N–H and O–H groups in total. The van der Waals surface area contributed by atoms with Crippen molar-refractivity contribution in [3.05, 3.63) is 64.3 Å². The molecule has 1 heterocycles. The summed E-state index contributed by atoms with van der Waals surface area (Å²) in [6, 6.07) is 10.2. The van der Waals surface area contributed by atoms with Crippen LogP contribution in [0.15, 0.2) is 48.7 Å². The van der Waals surface area contributed by atoms with Crippen molar-refractivity contribution >= 4 is 29.2 Å². The Bertz CT molecular complexity index is 762. The first-order chi connectivity index (χ1) is 12.1. The van der Waals surface area contributed by atoms with E-state index >= 15 is 0 Å². The average Bonchev–Trinajstić information content (AvgIpc) is 2.64. The number of nitro benzene ring substituents is 1. The quantitative estimate of drug-likeness (QED) is 0.250. The fourth-order valence-electron chi connectivity index (χ4n) is 2.04. The molecule has 0 aliphatic carbocycles. The van der Waals surface area contributed by atoms with Crippen molar-refractivity contribution in [3.8, 4) is 0 Å². The van der Waals surface area contributed by atoms with Crippen LogP contribution in [0.5, 0.6) is 0 Å². The molecular weight excluding hydrogens is 324 g/mol. The average molecular weight is 342 g/mol. The second-order valence-electron chi connectivity index (χ2n) is 4.96. The number of hydrogen-bond donors (Lipinski definition) is 2. The van der Waals surface area contributed by atoms with Crippen LogP contribution >= 0.6 is 0 Å². The third-order valence-electron chi connectivity index (χ3n) is 3.24. The molecule has 0 amide bonds. The minimum atomic E-state index is -0.523. The number of rotatable bonds is 8. The molecule has 0 atom stereocenters. The SMILES string of the molecule is COC(=O)/C=C/c1ccc(NCCNc2ccccn2)c([N+](=O)[O-])c1. The number of esters is 1. The number of pyridine rings is 1. The predicted molar refractivity (Wildman–Crippen MR) is 95.4 cm³/mol. The van der Waals surface area contributed by atoms with Gasteiger partial charge in [-0.3, -0.25) is 10.1 Å². The number of anilines is 2. The minimum Gasteiger partial charge on any atom is -0.466 e. The Labute approximate surface area is 144 Å². The van der Waals surface area contributed by atoms with E-state index in [1.807, 2.05) is 18.2 Å². The molecule has 0 saturated carbocycles. The van der Waals surface area contributed by atoms with Crippen molar-refractivity contribution in [1.82, 2.24) is 4.98 Å². The Balaban J connectivity index is 1.98. The van der Waals surface area contributed by atoms with E-state index in [1.54, 1.807) is 18.3 Å². The van der Waals surface area contributed by atoms with Crippen molar-refractivity contribution in [2.75, 3.05) is 30.8 Å². The fourth-order valence-corrected chi connectivity index (χ4v) is 2.04. The number of methoxy groups -OCH3 is 1. The molecule has 0 spiro atoms. The highest BCUT2D eigenvalue weighted by atomic mass is 16.6. The number of benzene rings is 1. The van der Waals surface area contributed by atoms with Gasteiger partial charge in [-0.2, -0.15) is 0 Å². The Morgan fingerprint density at radius 3 is 2.76 bits per heavy atom. The normalized spacial score (nSPS) is 10.4. The smallest absolute Gasteiger partial charge is 0.330 e. The van der Waals surface area contributed by atoms with Gasteiger partial charge >= 0.3 is 5.97 Å². The van der Waals surface area contributed by atoms with Crippen molar-refractivity contribution in [1.29, 1.82) is 0 Å². The van der Waals surface area contributed by atoms with Crippen LogP contribution in [-0.2, 0) is 9.53 Å². The van der Waals surface area contributed by atoms with Crippen LogP contribution in [-0.4, -0.2) is 36.1 Å². The summed E-state index contributed by atoms with van der Waals surface area (Å²) >= 11 is 0. The number of carbonyl (C=O) groups is 1. The summed E-state index contributed by atoms with van der Waals surface area (Å²) in [6.45, 7) is 1.03. The maximum Gasteiger partial charge on any atom is 0.330 e. The first-order valence-electron chi connectivity index (χ1n) is 7.53. The van der Waals surface area contributed by atoms with E-state index in [4.69, 9.17) is 0 Å². The number of carbonyl (C=O) groups excluding carboxylic acids is 1. The number of hydrogen-bond acceptors (Lipinski definition) is 7. The highest BCUT2D eigenvalue weighted by Gasteiger charge is 2.13. The molecule has 0 aliphatic heterocycles. The zero-order valence-electron chi connectivity index (χ0n) is 13.6. The molecule has 0 radical (unpaired) electrons. The molecule has 1 aromatic carbocycles. The molecule has 0 unspecified atom stereocenters. The maximum atomic E-state index is 11.2. The second kappa shape index (κ2) is 9.02. The van der Waals surface area contributed by atoms with Gasteiger partial charge in [-0.25, -0.2) is 9.78 Å². The van der Waals surface area contributed by atoms with E-state index in [2.05, 4.69) is 20.4 Å². The number of nitrogens with zero attached hydrogens (tertiary/aromatic N) is 2. The third-order valence-corrected chi connectivity index (χ3v) is 3.24. The van der Waals surface area contributed by atoms with E-state index in [0.29, 0.717) is 24.3 Å². The van der Waals surface area contributed by atoms with Crippen LogP contribution < -0.4 is 10.6 Å². The van der Waals surface area contributed by atoms with Crippen LogP contribution in [0.25, 0.3) is 6.08 Å². The highest BCUT2D eigenvalue weighted by Crippen LogP contribution is 2.26. The van der Waals surface area contributed by atoms with Gasteiger partial charge in [-0.15, -0.1) is 0 Å². The summed E-state index contributed by atoms with van der Waals surface area (Å²) in [5.74, 6) is 0.215. The van der Waals surface area contributed by atoms with Gasteiger partial charge in [0.2, 0.25) is 0 Å². The number of ether oxygens (including phenoxy) is 1. The summed E-state index contributed by atoms with van der Waals surface area (Å²) in [5.41, 5.74) is 0.877. The molecule has 0 fully saturated rings. The summed E-state index contributed by atoms with van der Waals surface area (Å²) in [7, 11) is 1.27. The topological polar surface area (TPSA) is 106 Å². The van der Waals surface area contributed by atoms with Gasteiger partial charge < -0.3 is 15.4 Å². The molecule has 0 bridgehead atoms. The molecule has 130 valence electrons. The zero-order valence-corrected chi connectivity index (χ0v) is 13.6. The van der Waals surface area contributed by atoms with E-state index in [-0.39, 0.29) is 5.69 Å². The Kier molecular flexibility index (Phi) is 6.47. The van der Waals surface area contributed by atoms with Crippen LogP contribution in [0.3, 0.4) is 0 Å². The van der Waals surface area contributed by atoms with Crippen LogP contribution in [0.1, 0.15) is 5.56 Å². The highest BCUT2D eigenvalue weighted by molar-refractivity contribution is 5.87. The summed E-state index contributed by atoms with van der Waals surface area (Å²) in [5, 5.41) is 17.4. The first-order valence-corrected chi connectivity index (χ1v) is 7.53. The predicted octanol–water partition coefficient (Wildman–Crippen LogP) is 2.70. The molecule has 25 heavy (non-hydrogen) atoms. The van der Waals surface area contributed by atoms with Gasteiger partial charge in [-0.05, 0) is 29.8 Å². The molecule has 2 rings (SSSR count). The monoisotopic (exact) mass is 342 g/mol. The largest absolute Gasteiger partial charge is 0.466 e. The van der Waals surface area contributed by atoms with E-state index in [1.165, 1.54) is 25.3 Å². The van der Waals surface area contributed by atoms with Gasteiger partial charge in [-0.1, -0.05) is 12.1 Å². The molecular formula is C17H18N4O4. The standard InChI is InChI=1S/C17H18N4O4/c1-25-17(22)8-6-13-5-7-14(15(12-13)21(23)24)18-10-11-20-16-4-2-3-9-19-16/h2-9,12,18H,10-11H2,1H3,(H,19,20)/b8-6+. The summed E-state index contributed by atoms with van der Waals surface area (Å²) in [6.07, 6.45) is 4.36. The summed E-state index contributed by atoms with van der Waals surface area (Å²) < 4.78 is 4.49. The molecule has 0 saturated heterocycles. The van der Waals surface area contributed by atoms with Crippen LogP contribution in [0.4, 0.5) is 17.2 Å². The lowest BCUT2D eigenvalue weighted by Gasteiger charge is -2.09. The lowest BCUT2D eigenvalue weighted by molar-refractivity contribution is -0.384. The van der Waals surface area contributed by atoms with E-state index in [9.17, 15) is 14.9 Å². The molecule has 1 aromatic heterocycles. The van der Waals surface area contributed by atoms with Gasteiger partial charge in [0, 0.05) is 31.4 Å². The third kappa shape index (κ3) is 5.61. The second-order valence-corrected chi connectivity index (χ2v) is 4.96. The number of nitrogens with one attached hydrogen (secondary N) is 2. The number of nitro groups is 1. The lowest BCUT2D eigenvalue weighted by Crippen LogP contribution is -2.15. The first kappa shape index (κ1) is 17.9. The van der Waals surface area contributed by atoms with Gasteiger partial charge in [0.1, 0.15) is 11.5 Å².